The van der Waals surface area contributed by atoms with E-state index in [1.165, 1.54) is 11.8 Å². The van der Waals surface area contributed by atoms with Gasteiger partial charge in [0.05, 0.1) is 11.4 Å². The van der Waals surface area contributed by atoms with Crippen molar-refractivity contribution in [2.24, 2.45) is 17.4 Å². The second-order valence-corrected chi connectivity index (χ2v) is 6.73. The molecule has 1 saturated carbocycles. The highest BCUT2D eigenvalue weighted by Gasteiger charge is 2.24. The van der Waals surface area contributed by atoms with E-state index in [1.54, 1.807) is 0 Å². The minimum absolute atomic E-state index is 0. The van der Waals surface area contributed by atoms with Crippen LogP contribution in [0.4, 0.5) is 5.69 Å². The number of amides is 2. The van der Waals surface area contributed by atoms with Crippen molar-refractivity contribution in [2.45, 2.75) is 43.0 Å². The number of halogens is 1. The Hall–Kier alpha value is -1.24. The largest absolute Gasteiger partial charge is 0.369 e. The molecule has 5 nitrogen and oxygen atoms in total. The van der Waals surface area contributed by atoms with Crippen molar-refractivity contribution in [3.63, 3.8) is 0 Å². The van der Waals surface area contributed by atoms with Gasteiger partial charge in [-0.05, 0) is 30.9 Å². The summed E-state index contributed by atoms with van der Waals surface area (Å²) in [6, 6.07) is 7.56. The van der Waals surface area contributed by atoms with Crippen LogP contribution in [0, 0.1) is 5.92 Å². The Morgan fingerprint density at radius 1 is 1.22 bits per heavy atom. The van der Waals surface area contributed by atoms with Gasteiger partial charge >= 0.3 is 0 Å². The molecule has 2 rings (SSSR count). The maximum absolute atomic E-state index is 12.2. The fraction of sp³-hybridized carbons (Fsp3) is 0.500. The molecule has 1 aromatic rings. The first-order chi connectivity index (χ1) is 10.6. The summed E-state index contributed by atoms with van der Waals surface area (Å²) in [4.78, 5) is 24.0. The van der Waals surface area contributed by atoms with E-state index in [0.717, 1.165) is 36.3 Å². The summed E-state index contributed by atoms with van der Waals surface area (Å²) in [5.74, 6) is 0.0633. The predicted molar refractivity (Wildman–Crippen MR) is 96.8 cm³/mol. The molecule has 2 atom stereocenters. The molecule has 7 heteroatoms. The van der Waals surface area contributed by atoms with Crippen LogP contribution in [-0.2, 0) is 9.59 Å². The molecule has 0 aromatic heterocycles. The number of thioether (sulfide) groups is 1. The van der Waals surface area contributed by atoms with Gasteiger partial charge in [-0.1, -0.05) is 25.0 Å². The second-order valence-electron chi connectivity index (χ2n) is 5.71. The number of benzene rings is 1. The monoisotopic (exact) mass is 357 g/mol. The minimum Gasteiger partial charge on any atom is -0.369 e. The summed E-state index contributed by atoms with van der Waals surface area (Å²) < 4.78 is 0. The standard InChI is InChI=1S/C16H23N3O2S.ClH/c17-12-6-2-1-5-11(12)9-16(21)19-13-7-3-4-8-14(13)22-10-15(18)20;/h3-4,7-8,11-12H,1-2,5-6,9-10,17H2,(H2,18,20)(H,19,21);1H. The van der Waals surface area contributed by atoms with Crippen molar-refractivity contribution >= 4 is 41.7 Å². The van der Waals surface area contributed by atoms with Crippen molar-refractivity contribution in [3.05, 3.63) is 24.3 Å². The number of anilines is 1. The number of primary amides is 1. The number of carbonyl (C=O) groups is 2. The fourth-order valence-corrected chi connectivity index (χ4v) is 3.52. The highest BCUT2D eigenvalue weighted by molar-refractivity contribution is 8.00. The number of carbonyl (C=O) groups excluding carboxylic acids is 2. The van der Waals surface area contributed by atoms with Crippen LogP contribution in [0.1, 0.15) is 32.1 Å². The molecule has 0 spiro atoms. The molecule has 0 aliphatic heterocycles. The van der Waals surface area contributed by atoms with E-state index in [4.69, 9.17) is 11.5 Å². The van der Waals surface area contributed by atoms with Crippen LogP contribution in [0.5, 0.6) is 0 Å². The molecule has 0 bridgehead atoms. The van der Waals surface area contributed by atoms with Gasteiger partial charge in [-0.2, -0.15) is 0 Å². The Balaban J connectivity index is 0.00000264. The summed E-state index contributed by atoms with van der Waals surface area (Å²) >= 11 is 1.33. The Morgan fingerprint density at radius 2 is 1.91 bits per heavy atom. The first-order valence-electron chi connectivity index (χ1n) is 7.62. The molecule has 23 heavy (non-hydrogen) atoms. The molecule has 2 unspecified atom stereocenters. The smallest absolute Gasteiger partial charge is 0.227 e. The molecular weight excluding hydrogens is 334 g/mol. The summed E-state index contributed by atoms with van der Waals surface area (Å²) in [7, 11) is 0. The molecule has 0 heterocycles. The highest BCUT2D eigenvalue weighted by Crippen LogP contribution is 2.29. The van der Waals surface area contributed by atoms with Crippen LogP contribution in [-0.4, -0.2) is 23.6 Å². The lowest BCUT2D eigenvalue weighted by Crippen LogP contribution is -2.35. The Labute approximate surface area is 147 Å². The zero-order chi connectivity index (χ0) is 15.9. The third-order valence-corrected chi connectivity index (χ3v) is 5.04. The number of hydrogen-bond acceptors (Lipinski definition) is 4. The third kappa shape index (κ3) is 6.41. The van der Waals surface area contributed by atoms with E-state index in [9.17, 15) is 9.59 Å². The molecule has 0 saturated heterocycles. The van der Waals surface area contributed by atoms with E-state index in [1.807, 2.05) is 24.3 Å². The molecule has 1 aromatic carbocycles. The molecule has 1 aliphatic rings. The van der Waals surface area contributed by atoms with Crippen molar-refractivity contribution in [1.82, 2.24) is 0 Å². The average Bonchev–Trinajstić information content (AvgIpc) is 2.48. The zero-order valence-electron chi connectivity index (χ0n) is 13.0. The van der Waals surface area contributed by atoms with Crippen molar-refractivity contribution < 1.29 is 9.59 Å². The first-order valence-corrected chi connectivity index (χ1v) is 8.60. The fourth-order valence-electron chi connectivity index (χ4n) is 2.77. The van der Waals surface area contributed by atoms with Gasteiger partial charge in [0.2, 0.25) is 11.8 Å². The van der Waals surface area contributed by atoms with Gasteiger partial charge in [0.1, 0.15) is 0 Å². The van der Waals surface area contributed by atoms with E-state index in [2.05, 4.69) is 5.32 Å². The number of rotatable bonds is 6. The lowest BCUT2D eigenvalue weighted by molar-refractivity contribution is -0.117. The lowest BCUT2D eigenvalue weighted by atomic mass is 9.83. The van der Waals surface area contributed by atoms with E-state index in [0.29, 0.717) is 6.42 Å². The number of nitrogens with one attached hydrogen (secondary N) is 1. The molecular formula is C16H24ClN3O2S. The van der Waals surface area contributed by atoms with Crippen molar-refractivity contribution in [1.29, 1.82) is 0 Å². The molecule has 1 fully saturated rings. The first kappa shape index (κ1) is 19.8. The van der Waals surface area contributed by atoms with Gasteiger partial charge < -0.3 is 16.8 Å². The van der Waals surface area contributed by atoms with Gasteiger partial charge in [0.25, 0.3) is 0 Å². The van der Waals surface area contributed by atoms with Crippen molar-refractivity contribution in [2.75, 3.05) is 11.1 Å². The van der Waals surface area contributed by atoms with Crippen LogP contribution < -0.4 is 16.8 Å². The van der Waals surface area contributed by atoms with E-state index in [-0.39, 0.29) is 41.9 Å². The molecule has 0 radical (unpaired) electrons. The van der Waals surface area contributed by atoms with Crippen LogP contribution >= 0.6 is 24.2 Å². The Kier molecular flexibility index (Phi) is 8.44. The second kappa shape index (κ2) is 9.80. The molecule has 5 N–H and O–H groups in total. The van der Waals surface area contributed by atoms with E-state index < -0.39 is 0 Å². The summed E-state index contributed by atoms with van der Waals surface area (Å²) in [6.07, 6.45) is 4.79. The maximum Gasteiger partial charge on any atom is 0.227 e. The lowest BCUT2D eigenvalue weighted by Gasteiger charge is -2.28. The van der Waals surface area contributed by atoms with Gasteiger partial charge in [-0.3, -0.25) is 9.59 Å². The van der Waals surface area contributed by atoms with E-state index >= 15 is 0 Å². The van der Waals surface area contributed by atoms with Gasteiger partial charge in [0, 0.05) is 17.4 Å². The predicted octanol–water partition coefficient (Wildman–Crippen LogP) is 2.53. The third-order valence-electron chi connectivity index (χ3n) is 3.95. The van der Waals surface area contributed by atoms with Gasteiger partial charge in [0.15, 0.2) is 0 Å². The van der Waals surface area contributed by atoms with Crippen molar-refractivity contribution in [3.8, 4) is 0 Å². The molecule has 1 aliphatic carbocycles. The highest BCUT2D eigenvalue weighted by atomic mass is 35.5. The topological polar surface area (TPSA) is 98.2 Å². The SMILES string of the molecule is Cl.NC(=O)CSc1ccccc1NC(=O)CC1CCCCC1N. The minimum atomic E-state index is -0.376. The van der Waals surface area contributed by atoms with Gasteiger partial charge in [-0.25, -0.2) is 0 Å². The summed E-state index contributed by atoms with van der Waals surface area (Å²) in [5, 5.41) is 2.93. The van der Waals surface area contributed by atoms with Crippen LogP contribution in [0.25, 0.3) is 0 Å². The van der Waals surface area contributed by atoms with Gasteiger partial charge in [-0.15, -0.1) is 24.2 Å². The number of para-hydroxylation sites is 1. The summed E-state index contributed by atoms with van der Waals surface area (Å²) in [5.41, 5.74) is 12.0. The normalized spacial score (nSPS) is 20.4. The average molecular weight is 358 g/mol. The Morgan fingerprint density at radius 3 is 2.61 bits per heavy atom. The molecule has 128 valence electrons. The zero-order valence-corrected chi connectivity index (χ0v) is 14.6. The van der Waals surface area contributed by atoms with Crippen LogP contribution in [0.3, 0.4) is 0 Å². The summed E-state index contributed by atoms with van der Waals surface area (Å²) in [6.45, 7) is 0. The quantitative estimate of drug-likeness (QED) is 0.681. The number of nitrogens with two attached hydrogens (primary N) is 2. The molecule has 2 amide bonds. The van der Waals surface area contributed by atoms with Crippen LogP contribution in [0.2, 0.25) is 0 Å². The Bertz CT molecular complexity index is 542. The maximum atomic E-state index is 12.2. The van der Waals surface area contributed by atoms with Crippen LogP contribution in [0.15, 0.2) is 29.2 Å². The number of hydrogen-bond donors (Lipinski definition) is 3.